The zero-order valence-corrected chi connectivity index (χ0v) is 12.5. The van der Waals surface area contributed by atoms with E-state index in [9.17, 15) is 9.59 Å². The number of carbonyl (C=O) groups is 2. The van der Waals surface area contributed by atoms with Crippen molar-refractivity contribution in [3.63, 3.8) is 0 Å². The third kappa shape index (κ3) is 4.23. The van der Waals surface area contributed by atoms with E-state index >= 15 is 0 Å². The molecule has 1 aromatic rings. The van der Waals surface area contributed by atoms with Crippen molar-refractivity contribution in [1.29, 1.82) is 0 Å². The highest BCUT2D eigenvalue weighted by molar-refractivity contribution is 9.10. The van der Waals surface area contributed by atoms with E-state index in [-0.39, 0.29) is 18.0 Å². The van der Waals surface area contributed by atoms with Gasteiger partial charge in [-0.05, 0) is 37.0 Å². The average molecular weight is 341 g/mol. The van der Waals surface area contributed by atoms with Crippen molar-refractivity contribution in [3.05, 3.63) is 34.3 Å². The molecule has 2 rings (SSSR count). The van der Waals surface area contributed by atoms with Crippen LogP contribution in [0.1, 0.15) is 24.8 Å². The van der Waals surface area contributed by atoms with Gasteiger partial charge in [-0.1, -0.05) is 28.1 Å². The van der Waals surface area contributed by atoms with Crippen LogP contribution in [0.25, 0.3) is 0 Å². The van der Waals surface area contributed by atoms with Crippen molar-refractivity contribution in [2.75, 3.05) is 0 Å². The van der Waals surface area contributed by atoms with Gasteiger partial charge in [0, 0.05) is 17.1 Å². The predicted octanol–water partition coefficient (Wildman–Crippen LogP) is 2.50. The Morgan fingerprint density at radius 2 is 2.15 bits per heavy atom. The summed E-state index contributed by atoms with van der Waals surface area (Å²) in [6.45, 7) is 0.445. The maximum Gasteiger partial charge on any atom is 0.315 e. The van der Waals surface area contributed by atoms with Crippen molar-refractivity contribution in [2.24, 2.45) is 5.92 Å². The highest BCUT2D eigenvalue weighted by atomic mass is 79.9. The second-order valence-corrected chi connectivity index (χ2v) is 5.92. The number of carboxylic acids is 1. The molecular formula is C14H17BrN2O3. The molecule has 3 N–H and O–H groups in total. The average Bonchev–Trinajstić information content (AvgIpc) is 2.85. The molecule has 1 aliphatic rings. The Bertz CT molecular complexity index is 507. The summed E-state index contributed by atoms with van der Waals surface area (Å²) in [5.41, 5.74) is 1.00. The molecule has 1 aromatic carbocycles. The van der Waals surface area contributed by atoms with Crippen molar-refractivity contribution < 1.29 is 14.7 Å². The molecule has 6 heteroatoms. The first kappa shape index (κ1) is 14.8. The number of benzene rings is 1. The van der Waals surface area contributed by atoms with Gasteiger partial charge in [-0.25, -0.2) is 4.79 Å². The standard InChI is InChI=1S/C14H17BrN2O3/c15-11-3-1-2-9(6-11)8-16-14(20)17-12-5-4-10(7-12)13(18)19/h1-3,6,10,12H,4-5,7-8H2,(H,18,19)(H2,16,17,20). The van der Waals surface area contributed by atoms with Crippen LogP contribution >= 0.6 is 15.9 Å². The van der Waals surface area contributed by atoms with Gasteiger partial charge in [-0.2, -0.15) is 0 Å². The molecule has 20 heavy (non-hydrogen) atoms. The minimum Gasteiger partial charge on any atom is -0.481 e. The number of halogens is 1. The Balaban J connectivity index is 1.75. The van der Waals surface area contributed by atoms with Gasteiger partial charge in [-0.15, -0.1) is 0 Å². The first-order valence-corrected chi connectivity index (χ1v) is 7.35. The van der Waals surface area contributed by atoms with Gasteiger partial charge >= 0.3 is 12.0 Å². The van der Waals surface area contributed by atoms with Crippen molar-refractivity contribution >= 4 is 27.9 Å². The summed E-state index contributed by atoms with van der Waals surface area (Å²) < 4.78 is 0.970. The molecule has 0 aromatic heterocycles. The third-order valence-electron chi connectivity index (χ3n) is 3.46. The molecule has 1 saturated carbocycles. The normalized spacial score (nSPS) is 21.4. The zero-order valence-electron chi connectivity index (χ0n) is 10.9. The molecule has 0 saturated heterocycles. The fourth-order valence-corrected chi connectivity index (χ4v) is 2.85. The monoisotopic (exact) mass is 340 g/mol. The van der Waals surface area contributed by atoms with Gasteiger partial charge < -0.3 is 15.7 Å². The van der Waals surface area contributed by atoms with Gasteiger partial charge in [0.05, 0.1) is 5.92 Å². The molecule has 0 aliphatic heterocycles. The molecule has 0 spiro atoms. The number of aliphatic carboxylic acids is 1. The van der Waals surface area contributed by atoms with Crippen molar-refractivity contribution in [2.45, 2.75) is 31.8 Å². The van der Waals surface area contributed by atoms with E-state index in [1.807, 2.05) is 24.3 Å². The maximum absolute atomic E-state index is 11.8. The van der Waals surface area contributed by atoms with Crippen LogP contribution in [-0.4, -0.2) is 23.1 Å². The van der Waals surface area contributed by atoms with E-state index in [0.29, 0.717) is 19.4 Å². The van der Waals surface area contributed by atoms with Crippen LogP contribution in [0.2, 0.25) is 0 Å². The van der Waals surface area contributed by atoms with Gasteiger partial charge in [0.2, 0.25) is 0 Å². The largest absolute Gasteiger partial charge is 0.481 e. The topological polar surface area (TPSA) is 78.4 Å². The maximum atomic E-state index is 11.8. The number of amides is 2. The molecule has 1 fully saturated rings. The van der Waals surface area contributed by atoms with Gasteiger partial charge in [-0.3, -0.25) is 4.79 Å². The molecule has 2 atom stereocenters. The van der Waals surface area contributed by atoms with E-state index in [0.717, 1.165) is 16.5 Å². The molecule has 1 aliphatic carbocycles. The first-order chi connectivity index (χ1) is 9.54. The lowest BCUT2D eigenvalue weighted by atomic mass is 10.1. The highest BCUT2D eigenvalue weighted by Crippen LogP contribution is 2.25. The van der Waals surface area contributed by atoms with E-state index in [4.69, 9.17) is 5.11 Å². The molecular weight excluding hydrogens is 324 g/mol. The highest BCUT2D eigenvalue weighted by Gasteiger charge is 2.30. The number of rotatable bonds is 4. The van der Waals surface area contributed by atoms with Crippen molar-refractivity contribution in [3.8, 4) is 0 Å². The Morgan fingerprint density at radius 3 is 2.80 bits per heavy atom. The number of carbonyl (C=O) groups excluding carboxylic acids is 1. The van der Waals surface area contributed by atoms with Crippen LogP contribution in [-0.2, 0) is 11.3 Å². The summed E-state index contributed by atoms with van der Waals surface area (Å²) in [6.07, 6.45) is 1.87. The Morgan fingerprint density at radius 1 is 1.35 bits per heavy atom. The fraction of sp³-hybridized carbons (Fsp3) is 0.429. The summed E-state index contributed by atoms with van der Waals surface area (Å²) in [5.74, 6) is -1.10. The quantitative estimate of drug-likeness (QED) is 0.787. The molecule has 2 amide bonds. The summed E-state index contributed by atoms with van der Waals surface area (Å²) in [5, 5.41) is 14.5. The molecule has 2 unspecified atom stereocenters. The van der Waals surface area contributed by atoms with E-state index in [2.05, 4.69) is 26.6 Å². The lowest BCUT2D eigenvalue weighted by Gasteiger charge is -2.13. The van der Waals surface area contributed by atoms with Crippen LogP contribution < -0.4 is 10.6 Å². The van der Waals surface area contributed by atoms with E-state index in [1.165, 1.54) is 0 Å². The SMILES string of the molecule is O=C(NCc1cccc(Br)c1)NC1CCC(C(=O)O)C1. The summed E-state index contributed by atoms with van der Waals surface area (Å²) in [6, 6.07) is 7.42. The Hall–Kier alpha value is -1.56. The second kappa shape index (κ2) is 6.74. The lowest BCUT2D eigenvalue weighted by Crippen LogP contribution is -2.40. The number of carboxylic acid groups (broad SMARTS) is 1. The smallest absolute Gasteiger partial charge is 0.315 e. The summed E-state index contributed by atoms with van der Waals surface area (Å²) >= 11 is 3.38. The van der Waals surface area contributed by atoms with Crippen LogP contribution in [0.3, 0.4) is 0 Å². The van der Waals surface area contributed by atoms with Gasteiger partial charge in [0.15, 0.2) is 0 Å². The second-order valence-electron chi connectivity index (χ2n) is 5.00. The van der Waals surface area contributed by atoms with E-state index in [1.54, 1.807) is 0 Å². The minimum atomic E-state index is -0.774. The number of nitrogens with one attached hydrogen (secondary N) is 2. The molecule has 0 radical (unpaired) electrons. The van der Waals surface area contributed by atoms with E-state index < -0.39 is 5.97 Å². The summed E-state index contributed by atoms with van der Waals surface area (Å²) in [4.78, 5) is 22.6. The fourth-order valence-electron chi connectivity index (χ4n) is 2.40. The number of hydrogen-bond donors (Lipinski definition) is 3. The molecule has 0 bridgehead atoms. The lowest BCUT2D eigenvalue weighted by molar-refractivity contribution is -0.141. The first-order valence-electron chi connectivity index (χ1n) is 6.56. The molecule has 0 heterocycles. The van der Waals surface area contributed by atoms with Gasteiger partial charge in [0.25, 0.3) is 0 Å². The van der Waals surface area contributed by atoms with Crippen LogP contribution in [0.4, 0.5) is 4.79 Å². The molecule has 5 nitrogen and oxygen atoms in total. The van der Waals surface area contributed by atoms with Crippen LogP contribution in [0.5, 0.6) is 0 Å². The Kier molecular flexibility index (Phi) is 5.00. The third-order valence-corrected chi connectivity index (χ3v) is 3.95. The summed E-state index contributed by atoms with van der Waals surface area (Å²) in [7, 11) is 0. The van der Waals surface area contributed by atoms with Crippen LogP contribution in [0, 0.1) is 5.92 Å². The van der Waals surface area contributed by atoms with Crippen LogP contribution in [0.15, 0.2) is 28.7 Å². The molecule has 108 valence electrons. The number of urea groups is 1. The predicted molar refractivity (Wildman–Crippen MR) is 78.3 cm³/mol. The minimum absolute atomic E-state index is 0.0430. The Labute approximate surface area is 125 Å². The van der Waals surface area contributed by atoms with Crippen molar-refractivity contribution in [1.82, 2.24) is 10.6 Å². The number of hydrogen-bond acceptors (Lipinski definition) is 2. The zero-order chi connectivity index (χ0) is 14.5. The van der Waals surface area contributed by atoms with Gasteiger partial charge in [0.1, 0.15) is 0 Å².